The lowest BCUT2D eigenvalue weighted by molar-refractivity contribution is 0.146. The van der Waals surface area contributed by atoms with Crippen molar-refractivity contribution in [2.75, 3.05) is 13.7 Å². The molecular weight excluding hydrogens is 202 g/mol. The van der Waals surface area contributed by atoms with Crippen LogP contribution in [0.4, 0.5) is 0 Å². The summed E-state index contributed by atoms with van der Waals surface area (Å²) >= 11 is 0. The topological polar surface area (TPSA) is 38.7 Å². The molecule has 0 saturated carbocycles. The van der Waals surface area contributed by atoms with E-state index >= 15 is 0 Å². The normalized spacial score (nSPS) is 10.9. The zero-order valence-electron chi connectivity index (χ0n) is 9.99. The van der Waals surface area contributed by atoms with Gasteiger partial charge < -0.3 is 4.74 Å². The second-order valence-corrected chi connectivity index (χ2v) is 4.42. The van der Waals surface area contributed by atoms with Crippen LogP contribution in [-0.4, -0.2) is 19.8 Å². The highest BCUT2D eigenvalue weighted by Gasteiger charge is 2.20. The predicted octanol–water partition coefficient (Wildman–Crippen LogP) is 2.45. The van der Waals surface area contributed by atoms with Gasteiger partial charge in [-0.3, -0.25) is 0 Å². The summed E-state index contributed by atoms with van der Waals surface area (Å²) in [5.41, 5.74) is 2.17. The molecule has 0 aliphatic rings. The van der Waals surface area contributed by atoms with Crippen molar-refractivity contribution in [2.45, 2.75) is 25.8 Å². The number of hydrogen-bond acceptors (Lipinski definition) is 3. The highest BCUT2D eigenvalue weighted by atomic mass is 16.5. The standard InChI is InChI=1S/C13H17NO2/c1-13(2,9-16-3)12-6-4-5-11(7-12)8-14-10-15/h4-7H,8-9H2,1-3H3. The van der Waals surface area contributed by atoms with Crippen LogP contribution in [0.1, 0.15) is 25.0 Å². The van der Waals surface area contributed by atoms with Crippen molar-refractivity contribution in [3.63, 3.8) is 0 Å². The monoisotopic (exact) mass is 219 g/mol. The molecule has 1 rings (SSSR count). The Morgan fingerprint density at radius 3 is 2.81 bits per heavy atom. The molecule has 0 unspecified atom stereocenters. The molecule has 0 atom stereocenters. The Morgan fingerprint density at radius 1 is 1.44 bits per heavy atom. The molecule has 0 aliphatic heterocycles. The van der Waals surface area contributed by atoms with Gasteiger partial charge in [-0.2, -0.15) is 0 Å². The van der Waals surface area contributed by atoms with Gasteiger partial charge in [0.15, 0.2) is 0 Å². The summed E-state index contributed by atoms with van der Waals surface area (Å²) in [6, 6.07) is 8.04. The molecular formula is C13H17NO2. The van der Waals surface area contributed by atoms with E-state index in [1.54, 1.807) is 13.2 Å². The quantitative estimate of drug-likeness (QED) is 0.563. The van der Waals surface area contributed by atoms with E-state index in [-0.39, 0.29) is 5.41 Å². The third kappa shape index (κ3) is 3.30. The number of hydrogen-bond donors (Lipinski definition) is 0. The number of carbonyl (C=O) groups excluding carboxylic acids is 1. The Balaban J connectivity index is 2.92. The average molecular weight is 219 g/mol. The van der Waals surface area contributed by atoms with E-state index in [0.717, 1.165) is 5.56 Å². The van der Waals surface area contributed by atoms with E-state index < -0.39 is 0 Å². The minimum atomic E-state index is -0.0321. The van der Waals surface area contributed by atoms with Crippen LogP contribution < -0.4 is 0 Å². The lowest BCUT2D eigenvalue weighted by atomic mass is 9.85. The molecule has 1 aromatic rings. The average Bonchev–Trinajstić information content (AvgIpc) is 2.27. The molecule has 0 bridgehead atoms. The van der Waals surface area contributed by atoms with Crippen molar-refractivity contribution in [3.8, 4) is 0 Å². The van der Waals surface area contributed by atoms with Crippen LogP contribution in [0.2, 0.25) is 0 Å². The van der Waals surface area contributed by atoms with Gasteiger partial charge in [0.05, 0.1) is 13.2 Å². The summed E-state index contributed by atoms with van der Waals surface area (Å²) in [6.45, 7) is 5.30. The third-order valence-electron chi connectivity index (χ3n) is 2.54. The van der Waals surface area contributed by atoms with Crippen LogP contribution in [0, 0.1) is 0 Å². The number of aliphatic imine (C=N–C) groups is 1. The first-order valence-electron chi connectivity index (χ1n) is 5.22. The molecule has 1 aromatic carbocycles. The van der Waals surface area contributed by atoms with Crippen molar-refractivity contribution in [3.05, 3.63) is 35.4 Å². The number of rotatable bonds is 5. The molecule has 0 amide bonds. The number of methoxy groups -OCH3 is 1. The van der Waals surface area contributed by atoms with E-state index in [9.17, 15) is 4.79 Å². The fraction of sp³-hybridized carbons (Fsp3) is 0.462. The number of ether oxygens (including phenoxy) is 1. The lowest BCUT2D eigenvalue weighted by Gasteiger charge is -2.24. The van der Waals surface area contributed by atoms with E-state index in [2.05, 4.69) is 31.0 Å². The van der Waals surface area contributed by atoms with Crippen LogP contribution in [0.15, 0.2) is 29.3 Å². The molecule has 0 N–H and O–H groups in total. The minimum Gasteiger partial charge on any atom is -0.384 e. The van der Waals surface area contributed by atoms with Gasteiger partial charge in [-0.05, 0) is 11.1 Å². The molecule has 0 saturated heterocycles. The van der Waals surface area contributed by atoms with Gasteiger partial charge in [0.2, 0.25) is 6.08 Å². The number of benzene rings is 1. The van der Waals surface area contributed by atoms with Crippen LogP contribution in [0.3, 0.4) is 0 Å². The van der Waals surface area contributed by atoms with Crippen molar-refractivity contribution in [1.82, 2.24) is 0 Å². The zero-order chi connectivity index (χ0) is 12.0. The van der Waals surface area contributed by atoms with Gasteiger partial charge >= 0.3 is 0 Å². The first-order valence-corrected chi connectivity index (χ1v) is 5.22. The molecule has 86 valence electrons. The molecule has 16 heavy (non-hydrogen) atoms. The fourth-order valence-electron chi connectivity index (χ4n) is 1.66. The van der Waals surface area contributed by atoms with E-state index in [1.165, 1.54) is 5.56 Å². The lowest BCUT2D eigenvalue weighted by Crippen LogP contribution is -2.23. The first kappa shape index (κ1) is 12.6. The van der Waals surface area contributed by atoms with Gasteiger partial charge in [-0.15, -0.1) is 0 Å². The smallest absolute Gasteiger partial charge is 0.235 e. The highest BCUT2D eigenvalue weighted by Crippen LogP contribution is 2.24. The zero-order valence-corrected chi connectivity index (χ0v) is 9.99. The van der Waals surface area contributed by atoms with Gasteiger partial charge in [0.25, 0.3) is 0 Å². The van der Waals surface area contributed by atoms with Crippen LogP contribution >= 0.6 is 0 Å². The Labute approximate surface area is 96.2 Å². The summed E-state index contributed by atoms with van der Waals surface area (Å²) in [5, 5.41) is 0. The Hall–Kier alpha value is -1.44. The summed E-state index contributed by atoms with van der Waals surface area (Å²) in [5.74, 6) is 0. The van der Waals surface area contributed by atoms with Crippen LogP contribution in [-0.2, 0) is 21.5 Å². The Bertz CT molecular complexity index is 393. The van der Waals surface area contributed by atoms with Gasteiger partial charge in [0.1, 0.15) is 0 Å². The highest BCUT2D eigenvalue weighted by molar-refractivity contribution is 5.35. The molecule has 0 radical (unpaired) electrons. The van der Waals surface area contributed by atoms with Gasteiger partial charge in [-0.1, -0.05) is 38.1 Å². The second-order valence-electron chi connectivity index (χ2n) is 4.42. The van der Waals surface area contributed by atoms with Crippen molar-refractivity contribution < 1.29 is 9.53 Å². The fourth-order valence-corrected chi connectivity index (χ4v) is 1.66. The SMILES string of the molecule is COCC(C)(C)c1cccc(CN=C=O)c1. The predicted molar refractivity (Wildman–Crippen MR) is 63.2 cm³/mol. The number of isocyanates is 1. The van der Waals surface area contributed by atoms with Crippen molar-refractivity contribution in [2.24, 2.45) is 4.99 Å². The molecule has 3 heteroatoms. The molecule has 0 spiro atoms. The van der Waals surface area contributed by atoms with E-state index in [1.807, 2.05) is 12.1 Å². The van der Waals surface area contributed by atoms with E-state index in [4.69, 9.17) is 4.74 Å². The largest absolute Gasteiger partial charge is 0.384 e. The summed E-state index contributed by atoms with van der Waals surface area (Å²) in [7, 11) is 1.70. The summed E-state index contributed by atoms with van der Waals surface area (Å²) < 4.78 is 5.20. The second kappa shape index (κ2) is 5.59. The summed E-state index contributed by atoms with van der Waals surface area (Å²) in [6.07, 6.45) is 1.55. The Kier molecular flexibility index (Phi) is 4.41. The van der Waals surface area contributed by atoms with Crippen molar-refractivity contribution in [1.29, 1.82) is 0 Å². The maximum atomic E-state index is 10.1. The van der Waals surface area contributed by atoms with Crippen molar-refractivity contribution >= 4 is 6.08 Å². The molecule has 0 aliphatic carbocycles. The first-order chi connectivity index (χ1) is 7.60. The Morgan fingerprint density at radius 2 is 2.19 bits per heavy atom. The maximum Gasteiger partial charge on any atom is 0.235 e. The van der Waals surface area contributed by atoms with Crippen LogP contribution in [0.5, 0.6) is 0 Å². The molecule has 0 heterocycles. The van der Waals surface area contributed by atoms with Crippen LogP contribution in [0.25, 0.3) is 0 Å². The summed E-state index contributed by atoms with van der Waals surface area (Å²) in [4.78, 5) is 13.6. The third-order valence-corrected chi connectivity index (χ3v) is 2.54. The molecule has 0 fully saturated rings. The van der Waals surface area contributed by atoms with Gasteiger partial charge in [0, 0.05) is 12.5 Å². The maximum absolute atomic E-state index is 10.1. The van der Waals surface area contributed by atoms with E-state index in [0.29, 0.717) is 13.2 Å². The minimum absolute atomic E-state index is 0.0321. The van der Waals surface area contributed by atoms with Gasteiger partial charge in [-0.25, -0.2) is 9.79 Å². The molecule has 0 aromatic heterocycles. The number of nitrogens with zero attached hydrogens (tertiary/aromatic N) is 1. The molecule has 3 nitrogen and oxygen atoms in total.